The average molecular weight is 264 g/mol. The van der Waals surface area contributed by atoms with Crippen molar-refractivity contribution in [2.45, 2.75) is 38.6 Å². The summed E-state index contributed by atoms with van der Waals surface area (Å²) in [5.41, 5.74) is 0. The molecule has 2 nitrogen and oxygen atoms in total. The van der Waals surface area contributed by atoms with Crippen LogP contribution in [0, 0.1) is 5.92 Å². The molecule has 0 aromatic rings. The van der Waals surface area contributed by atoms with Crippen LogP contribution in [0.1, 0.15) is 32.6 Å². The highest BCUT2D eigenvalue weighted by molar-refractivity contribution is 9.09. The third kappa shape index (κ3) is 4.76. The lowest BCUT2D eigenvalue weighted by molar-refractivity contribution is 0.0654. The van der Waals surface area contributed by atoms with Gasteiger partial charge in [-0.1, -0.05) is 22.9 Å². The molecule has 0 spiro atoms. The molecule has 1 N–H and O–H groups in total. The Balaban J connectivity index is 2.10. The van der Waals surface area contributed by atoms with E-state index in [9.17, 15) is 0 Å². The van der Waals surface area contributed by atoms with Crippen LogP contribution in [0.4, 0.5) is 0 Å². The predicted octanol–water partition coefficient (Wildman–Crippen LogP) is 2.57. The summed E-state index contributed by atoms with van der Waals surface area (Å²) in [6, 6.07) is 0.692. The lowest BCUT2D eigenvalue weighted by atomic mass is 9.99. The maximum atomic E-state index is 5.35. The maximum absolute atomic E-state index is 5.35. The van der Waals surface area contributed by atoms with E-state index in [1.165, 1.54) is 32.2 Å². The summed E-state index contributed by atoms with van der Waals surface area (Å²) in [6.45, 7) is 5.35. The molecule has 1 unspecified atom stereocenters. The van der Waals surface area contributed by atoms with E-state index in [2.05, 4.69) is 28.2 Å². The Morgan fingerprint density at radius 1 is 1.43 bits per heavy atom. The Kier molecular flexibility index (Phi) is 6.82. The minimum absolute atomic E-state index is 0.692. The summed E-state index contributed by atoms with van der Waals surface area (Å²) in [5, 5.41) is 4.76. The van der Waals surface area contributed by atoms with E-state index < -0.39 is 0 Å². The van der Waals surface area contributed by atoms with Crippen molar-refractivity contribution in [3.05, 3.63) is 0 Å². The van der Waals surface area contributed by atoms with Crippen LogP contribution in [0.25, 0.3) is 0 Å². The van der Waals surface area contributed by atoms with Crippen molar-refractivity contribution in [1.29, 1.82) is 0 Å². The Bertz CT molecular complexity index is 132. The zero-order chi connectivity index (χ0) is 10.2. The normalized spacial score (nSPS) is 21.0. The second-order valence-electron chi connectivity index (χ2n) is 4.05. The van der Waals surface area contributed by atoms with E-state index in [0.717, 1.165) is 24.5 Å². The number of rotatable bonds is 6. The summed E-state index contributed by atoms with van der Waals surface area (Å²) in [5.74, 6) is 0.841. The number of nitrogens with one attached hydrogen (secondary N) is 1. The zero-order valence-corrected chi connectivity index (χ0v) is 10.7. The maximum Gasteiger partial charge on any atom is 0.0469 e. The molecule has 1 rings (SSSR count). The quantitative estimate of drug-likeness (QED) is 0.744. The van der Waals surface area contributed by atoms with Crippen molar-refractivity contribution in [2.24, 2.45) is 5.92 Å². The first kappa shape index (κ1) is 12.5. The van der Waals surface area contributed by atoms with Gasteiger partial charge in [-0.2, -0.15) is 0 Å². The highest BCUT2D eigenvalue weighted by Crippen LogP contribution is 2.14. The van der Waals surface area contributed by atoms with Gasteiger partial charge in [-0.3, -0.25) is 0 Å². The number of alkyl halides is 1. The molecule has 1 fully saturated rings. The van der Waals surface area contributed by atoms with Crippen LogP contribution in [0.15, 0.2) is 0 Å². The Morgan fingerprint density at radius 2 is 2.14 bits per heavy atom. The van der Waals surface area contributed by atoms with E-state index in [1.54, 1.807) is 0 Å². The van der Waals surface area contributed by atoms with Gasteiger partial charge in [0.1, 0.15) is 0 Å². The van der Waals surface area contributed by atoms with Crippen LogP contribution in [-0.2, 0) is 4.74 Å². The van der Waals surface area contributed by atoms with Crippen molar-refractivity contribution in [3.63, 3.8) is 0 Å². The predicted molar refractivity (Wildman–Crippen MR) is 64.0 cm³/mol. The second kappa shape index (κ2) is 7.66. The number of hydrogen-bond acceptors (Lipinski definition) is 2. The summed E-state index contributed by atoms with van der Waals surface area (Å²) in [7, 11) is 0. The van der Waals surface area contributed by atoms with E-state index in [0.29, 0.717) is 6.04 Å². The van der Waals surface area contributed by atoms with Crippen molar-refractivity contribution in [2.75, 3.05) is 25.1 Å². The van der Waals surface area contributed by atoms with E-state index in [1.807, 2.05) is 0 Å². The van der Waals surface area contributed by atoms with Gasteiger partial charge in [0.25, 0.3) is 0 Å². The molecule has 1 heterocycles. The first-order valence-corrected chi connectivity index (χ1v) is 6.86. The molecule has 0 aliphatic carbocycles. The first-order valence-electron chi connectivity index (χ1n) is 5.74. The van der Waals surface area contributed by atoms with Gasteiger partial charge in [0.15, 0.2) is 0 Å². The first-order chi connectivity index (χ1) is 6.86. The fourth-order valence-electron chi connectivity index (χ4n) is 1.87. The molecule has 0 bridgehead atoms. The lowest BCUT2D eigenvalue weighted by Crippen LogP contribution is -2.35. The molecule has 0 radical (unpaired) electrons. The minimum atomic E-state index is 0.692. The minimum Gasteiger partial charge on any atom is -0.381 e. The van der Waals surface area contributed by atoms with Crippen molar-refractivity contribution < 1.29 is 4.74 Å². The summed E-state index contributed by atoms with van der Waals surface area (Å²) in [4.78, 5) is 0. The molecule has 0 aromatic heterocycles. The second-order valence-corrected chi connectivity index (χ2v) is 4.84. The van der Waals surface area contributed by atoms with Crippen LogP contribution in [0.2, 0.25) is 0 Å². The van der Waals surface area contributed by atoms with Gasteiger partial charge in [0.05, 0.1) is 0 Å². The SMILES string of the molecule is CCC(CCBr)NCC1CCOCC1. The van der Waals surface area contributed by atoms with Crippen LogP contribution in [-0.4, -0.2) is 31.1 Å². The smallest absolute Gasteiger partial charge is 0.0469 e. The number of hydrogen-bond donors (Lipinski definition) is 1. The molecule has 3 heteroatoms. The van der Waals surface area contributed by atoms with Gasteiger partial charge < -0.3 is 10.1 Å². The third-order valence-electron chi connectivity index (χ3n) is 2.99. The topological polar surface area (TPSA) is 21.3 Å². The molecule has 84 valence electrons. The molecule has 0 saturated carbocycles. The molecular formula is C11H22BrNO. The summed E-state index contributed by atoms with van der Waals surface area (Å²) in [6.07, 6.45) is 4.93. The Labute approximate surface area is 95.9 Å². The van der Waals surface area contributed by atoms with Gasteiger partial charge in [-0.25, -0.2) is 0 Å². The molecule has 14 heavy (non-hydrogen) atoms. The summed E-state index contributed by atoms with van der Waals surface area (Å²) < 4.78 is 5.35. The molecular weight excluding hydrogens is 242 g/mol. The molecule has 0 amide bonds. The van der Waals surface area contributed by atoms with Gasteiger partial charge in [0.2, 0.25) is 0 Å². The average Bonchev–Trinajstić information content (AvgIpc) is 2.25. The monoisotopic (exact) mass is 263 g/mol. The highest BCUT2D eigenvalue weighted by Gasteiger charge is 2.14. The summed E-state index contributed by atoms with van der Waals surface area (Å²) >= 11 is 3.50. The molecule has 0 aromatic carbocycles. The van der Waals surface area contributed by atoms with Crippen LogP contribution in [0.5, 0.6) is 0 Å². The van der Waals surface area contributed by atoms with E-state index >= 15 is 0 Å². The third-order valence-corrected chi connectivity index (χ3v) is 3.44. The van der Waals surface area contributed by atoms with Gasteiger partial charge in [-0.05, 0) is 38.1 Å². The Hall–Kier alpha value is 0.400. The fourth-order valence-corrected chi connectivity index (χ4v) is 2.42. The standard InChI is InChI=1S/C11H22BrNO/c1-2-11(3-6-12)13-9-10-4-7-14-8-5-10/h10-11,13H,2-9H2,1H3. The largest absolute Gasteiger partial charge is 0.381 e. The van der Waals surface area contributed by atoms with Crippen LogP contribution >= 0.6 is 15.9 Å². The lowest BCUT2D eigenvalue weighted by Gasteiger charge is -2.25. The molecule has 1 atom stereocenters. The van der Waals surface area contributed by atoms with Crippen molar-refractivity contribution in [1.82, 2.24) is 5.32 Å². The van der Waals surface area contributed by atoms with Gasteiger partial charge in [-0.15, -0.1) is 0 Å². The molecule has 1 aliphatic heterocycles. The van der Waals surface area contributed by atoms with Crippen molar-refractivity contribution >= 4 is 15.9 Å². The Morgan fingerprint density at radius 3 is 2.71 bits per heavy atom. The van der Waals surface area contributed by atoms with Crippen LogP contribution < -0.4 is 5.32 Å². The zero-order valence-electron chi connectivity index (χ0n) is 9.10. The van der Waals surface area contributed by atoms with Gasteiger partial charge in [0, 0.05) is 24.6 Å². The van der Waals surface area contributed by atoms with Gasteiger partial charge >= 0.3 is 0 Å². The van der Waals surface area contributed by atoms with E-state index in [4.69, 9.17) is 4.74 Å². The van der Waals surface area contributed by atoms with Crippen molar-refractivity contribution in [3.8, 4) is 0 Å². The number of halogens is 1. The molecule has 1 aliphatic rings. The highest BCUT2D eigenvalue weighted by atomic mass is 79.9. The number of ether oxygens (including phenoxy) is 1. The fraction of sp³-hybridized carbons (Fsp3) is 1.00. The molecule has 1 saturated heterocycles. The van der Waals surface area contributed by atoms with Crippen LogP contribution in [0.3, 0.4) is 0 Å². The van der Waals surface area contributed by atoms with E-state index in [-0.39, 0.29) is 0 Å².